The van der Waals surface area contributed by atoms with Crippen LogP contribution in [0.1, 0.15) is 47.5 Å². The van der Waals surface area contributed by atoms with E-state index in [9.17, 15) is 14.4 Å². The summed E-state index contributed by atoms with van der Waals surface area (Å²) >= 11 is 0. The van der Waals surface area contributed by atoms with Crippen molar-refractivity contribution in [3.63, 3.8) is 0 Å². The first-order chi connectivity index (χ1) is 9.23. The van der Waals surface area contributed by atoms with Crippen molar-refractivity contribution < 1.29 is 19.1 Å². The Labute approximate surface area is 133 Å². The van der Waals surface area contributed by atoms with Crippen LogP contribution in [0.15, 0.2) is 0 Å². The zero-order valence-electron chi connectivity index (χ0n) is 13.5. The van der Waals surface area contributed by atoms with Crippen LogP contribution in [0, 0.1) is 5.92 Å². The molecule has 21 heavy (non-hydrogen) atoms. The fourth-order valence-electron chi connectivity index (χ4n) is 1.68. The Bertz CT molecular complexity index is 346. The summed E-state index contributed by atoms with van der Waals surface area (Å²) in [6, 6.07) is -0.443. The minimum atomic E-state index is -0.482. The monoisotopic (exact) mass is 320 g/mol. The average molecular weight is 320 g/mol. The smallest absolute Gasteiger partial charge is 0.407 e. The van der Waals surface area contributed by atoms with E-state index < -0.39 is 12.1 Å². The molecule has 0 aromatic carbocycles. The summed E-state index contributed by atoms with van der Waals surface area (Å²) in [5.41, 5.74) is 0. The Morgan fingerprint density at radius 2 is 1.67 bits per heavy atom. The van der Waals surface area contributed by atoms with Crippen LogP contribution >= 0.6 is 13.5 Å². The number of amides is 2. The van der Waals surface area contributed by atoms with Gasteiger partial charge in [-0.25, -0.2) is 4.79 Å². The van der Waals surface area contributed by atoms with Gasteiger partial charge in [-0.3, -0.25) is 9.59 Å². The SMILES string of the molecule is CC(=O)C(NC(=O)CCCNC(=O)OC(C)C)C(C)C.S. The number of carbonyl (C=O) groups is 3. The van der Waals surface area contributed by atoms with Gasteiger partial charge in [0.2, 0.25) is 5.91 Å². The molecule has 0 aromatic heterocycles. The molecule has 0 spiro atoms. The second kappa shape index (κ2) is 11.4. The molecular formula is C14H28N2O4S. The third-order valence-electron chi connectivity index (χ3n) is 2.61. The van der Waals surface area contributed by atoms with E-state index in [0.717, 1.165) is 0 Å². The Morgan fingerprint density at radius 3 is 2.10 bits per heavy atom. The van der Waals surface area contributed by atoms with Crippen molar-refractivity contribution in [2.24, 2.45) is 5.92 Å². The molecule has 6 nitrogen and oxygen atoms in total. The number of hydrogen-bond donors (Lipinski definition) is 2. The molecule has 0 rings (SSSR count). The lowest BCUT2D eigenvalue weighted by Gasteiger charge is -2.19. The molecule has 7 heteroatoms. The molecule has 0 heterocycles. The summed E-state index contributed by atoms with van der Waals surface area (Å²) in [7, 11) is 0. The predicted octanol–water partition coefficient (Wildman–Crippen LogP) is 1.74. The number of hydrogen-bond acceptors (Lipinski definition) is 4. The molecule has 0 saturated carbocycles. The maximum absolute atomic E-state index is 11.7. The highest BCUT2D eigenvalue weighted by Gasteiger charge is 2.20. The molecule has 0 aliphatic rings. The number of nitrogens with one attached hydrogen (secondary N) is 2. The van der Waals surface area contributed by atoms with Gasteiger partial charge in [0.25, 0.3) is 0 Å². The van der Waals surface area contributed by atoms with Crippen LogP contribution in [0.4, 0.5) is 4.79 Å². The van der Waals surface area contributed by atoms with Crippen molar-refractivity contribution in [1.82, 2.24) is 10.6 Å². The van der Waals surface area contributed by atoms with Crippen LogP contribution < -0.4 is 10.6 Å². The average Bonchev–Trinajstić information content (AvgIpc) is 2.30. The lowest BCUT2D eigenvalue weighted by molar-refractivity contribution is -0.127. The zero-order valence-corrected chi connectivity index (χ0v) is 14.5. The van der Waals surface area contributed by atoms with Crippen molar-refractivity contribution in [3.05, 3.63) is 0 Å². The highest BCUT2D eigenvalue weighted by Crippen LogP contribution is 2.03. The molecule has 2 N–H and O–H groups in total. The van der Waals surface area contributed by atoms with Gasteiger partial charge < -0.3 is 15.4 Å². The topological polar surface area (TPSA) is 84.5 Å². The van der Waals surface area contributed by atoms with Crippen molar-refractivity contribution >= 4 is 31.3 Å². The maximum Gasteiger partial charge on any atom is 0.407 e. The van der Waals surface area contributed by atoms with Gasteiger partial charge in [-0.2, -0.15) is 13.5 Å². The van der Waals surface area contributed by atoms with Gasteiger partial charge in [0.05, 0.1) is 12.1 Å². The third kappa shape index (κ3) is 11.1. The quantitative estimate of drug-likeness (QED) is 0.667. The van der Waals surface area contributed by atoms with Crippen LogP contribution in [0.25, 0.3) is 0 Å². The molecule has 1 atom stereocenters. The van der Waals surface area contributed by atoms with E-state index in [4.69, 9.17) is 4.74 Å². The zero-order chi connectivity index (χ0) is 15.7. The van der Waals surface area contributed by atoms with E-state index in [2.05, 4.69) is 10.6 Å². The lowest BCUT2D eigenvalue weighted by Crippen LogP contribution is -2.43. The Hall–Kier alpha value is -1.24. The van der Waals surface area contributed by atoms with E-state index in [1.165, 1.54) is 6.92 Å². The van der Waals surface area contributed by atoms with Gasteiger partial charge >= 0.3 is 6.09 Å². The summed E-state index contributed by atoms with van der Waals surface area (Å²) in [5, 5.41) is 5.26. The van der Waals surface area contributed by atoms with Gasteiger partial charge in [-0.15, -0.1) is 0 Å². The van der Waals surface area contributed by atoms with Crippen LogP contribution in [0.2, 0.25) is 0 Å². The van der Waals surface area contributed by atoms with Gasteiger partial charge in [-0.1, -0.05) is 13.8 Å². The molecule has 0 aliphatic heterocycles. The van der Waals surface area contributed by atoms with E-state index in [-0.39, 0.29) is 43.6 Å². The van der Waals surface area contributed by atoms with Crippen LogP contribution in [-0.4, -0.2) is 36.5 Å². The second-order valence-corrected chi connectivity index (χ2v) is 5.38. The minimum Gasteiger partial charge on any atom is -0.447 e. The number of ketones is 1. The van der Waals surface area contributed by atoms with Gasteiger partial charge in [-0.05, 0) is 33.1 Å². The summed E-state index contributed by atoms with van der Waals surface area (Å²) in [6.07, 6.45) is 0.116. The molecule has 0 saturated heterocycles. The van der Waals surface area contributed by atoms with Crippen molar-refractivity contribution in [2.45, 2.75) is 59.6 Å². The van der Waals surface area contributed by atoms with Crippen LogP contribution in [0.3, 0.4) is 0 Å². The van der Waals surface area contributed by atoms with Crippen molar-refractivity contribution in [2.75, 3.05) is 6.54 Å². The van der Waals surface area contributed by atoms with Gasteiger partial charge in [0.15, 0.2) is 5.78 Å². The third-order valence-corrected chi connectivity index (χ3v) is 2.61. The number of alkyl carbamates (subject to hydrolysis) is 1. The van der Waals surface area contributed by atoms with Crippen LogP contribution in [-0.2, 0) is 14.3 Å². The van der Waals surface area contributed by atoms with Gasteiger partial charge in [0.1, 0.15) is 0 Å². The molecule has 0 aromatic rings. The summed E-state index contributed by atoms with van der Waals surface area (Å²) in [4.78, 5) is 34.2. The second-order valence-electron chi connectivity index (χ2n) is 5.38. The van der Waals surface area contributed by atoms with Crippen LogP contribution in [0.5, 0.6) is 0 Å². The molecule has 1 unspecified atom stereocenters. The number of ether oxygens (including phenoxy) is 1. The highest BCUT2D eigenvalue weighted by atomic mass is 32.1. The summed E-state index contributed by atoms with van der Waals surface area (Å²) < 4.78 is 4.89. The Morgan fingerprint density at radius 1 is 1.10 bits per heavy atom. The highest BCUT2D eigenvalue weighted by molar-refractivity contribution is 7.59. The summed E-state index contributed by atoms with van der Waals surface area (Å²) in [5.74, 6) is -0.166. The number of rotatable bonds is 8. The van der Waals surface area contributed by atoms with E-state index in [1.54, 1.807) is 13.8 Å². The molecule has 124 valence electrons. The number of Topliss-reactive ketones (excluding diaryl/α,β-unsaturated/α-hetero) is 1. The van der Waals surface area contributed by atoms with Crippen molar-refractivity contribution in [1.29, 1.82) is 0 Å². The first kappa shape index (κ1) is 22.0. The minimum absolute atomic E-state index is 0. The summed E-state index contributed by atoms with van der Waals surface area (Å²) in [6.45, 7) is 9.13. The standard InChI is InChI=1S/C14H26N2O4.H2S/c1-9(2)13(11(5)17)16-12(18)7-6-8-15-14(19)20-10(3)4;/h9-10,13H,6-8H2,1-5H3,(H,15,19)(H,16,18);1H2. The largest absolute Gasteiger partial charge is 0.447 e. The first-order valence-corrected chi connectivity index (χ1v) is 6.98. The molecule has 0 bridgehead atoms. The molecular weight excluding hydrogens is 292 g/mol. The van der Waals surface area contributed by atoms with Gasteiger partial charge in [0, 0.05) is 13.0 Å². The van der Waals surface area contributed by atoms with E-state index in [0.29, 0.717) is 13.0 Å². The van der Waals surface area contributed by atoms with E-state index >= 15 is 0 Å². The van der Waals surface area contributed by atoms with E-state index in [1.807, 2.05) is 13.8 Å². The predicted molar refractivity (Wildman–Crippen MR) is 86.7 cm³/mol. The Balaban J connectivity index is 0. The fraction of sp³-hybridized carbons (Fsp3) is 0.786. The molecule has 0 fully saturated rings. The normalized spacial score (nSPS) is 11.6. The molecule has 2 amide bonds. The molecule has 0 radical (unpaired) electrons. The molecule has 0 aliphatic carbocycles. The Kier molecular flexibility index (Phi) is 12.0. The first-order valence-electron chi connectivity index (χ1n) is 6.98. The lowest BCUT2D eigenvalue weighted by atomic mass is 10.0. The van der Waals surface area contributed by atoms with Crippen molar-refractivity contribution in [3.8, 4) is 0 Å². The maximum atomic E-state index is 11.7. The fourth-order valence-corrected chi connectivity index (χ4v) is 1.68. The number of carbonyl (C=O) groups excluding carboxylic acids is 3.